The summed E-state index contributed by atoms with van der Waals surface area (Å²) in [4.78, 5) is 10.1. The number of carbonyl (C=O) groups excluding carboxylic acids is 1. The van der Waals surface area contributed by atoms with E-state index in [9.17, 15) is 4.79 Å². The zero-order valence-electron chi connectivity index (χ0n) is 8.16. The van der Waals surface area contributed by atoms with Crippen molar-refractivity contribution in [3.8, 4) is 0 Å². The van der Waals surface area contributed by atoms with Crippen LogP contribution in [0.25, 0.3) is 0 Å². The summed E-state index contributed by atoms with van der Waals surface area (Å²) < 4.78 is 0. The van der Waals surface area contributed by atoms with Crippen molar-refractivity contribution in [2.45, 2.75) is 6.92 Å². The predicted octanol–water partition coefficient (Wildman–Crippen LogP) is 2.68. The highest BCUT2D eigenvalue weighted by Gasteiger charge is 1.91. The second-order valence-corrected chi connectivity index (χ2v) is 3.01. The molecule has 14 heavy (non-hydrogen) atoms. The number of allylic oxidation sites excluding steroid dienone is 2. The van der Waals surface area contributed by atoms with Crippen LogP contribution < -0.4 is 5.32 Å². The smallest absolute Gasteiger partial charge is 0.142 e. The van der Waals surface area contributed by atoms with Crippen LogP contribution >= 0.6 is 0 Å². The standard InChI is InChI=1S/C12H13NO/c1-10-5-7-12(8-6-10)13-11(2)4-3-9-14/h3-9,13H,2H2,1H3/b4-3-. The molecule has 0 atom stereocenters. The maximum atomic E-state index is 10.1. The fraction of sp³-hybridized carbons (Fsp3) is 0.0833. The molecule has 0 aliphatic rings. The second-order valence-electron chi connectivity index (χ2n) is 3.01. The molecule has 0 fully saturated rings. The largest absolute Gasteiger partial charge is 0.356 e. The zero-order chi connectivity index (χ0) is 10.4. The van der Waals surface area contributed by atoms with Gasteiger partial charge in [0.05, 0.1) is 0 Å². The minimum Gasteiger partial charge on any atom is -0.356 e. The van der Waals surface area contributed by atoms with Crippen LogP contribution in [0.5, 0.6) is 0 Å². The number of hydrogen-bond donors (Lipinski definition) is 1. The lowest BCUT2D eigenvalue weighted by molar-refractivity contribution is -0.104. The number of aldehydes is 1. The number of benzene rings is 1. The van der Waals surface area contributed by atoms with Crippen molar-refractivity contribution in [3.05, 3.63) is 54.3 Å². The summed E-state index contributed by atoms with van der Waals surface area (Å²) in [6.07, 6.45) is 3.76. The first-order valence-corrected chi connectivity index (χ1v) is 4.37. The molecule has 0 aromatic heterocycles. The minimum atomic E-state index is 0.695. The topological polar surface area (TPSA) is 29.1 Å². The molecule has 2 heteroatoms. The molecule has 0 saturated carbocycles. The highest BCUT2D eigenvalue weighted by Crippen LogP contribution is 2.10. The van der Waals surface area contributed by atoms with E-state index in [1.165, 1.54) is 11.6 Å². The Morgan fingerprint density at radius 2 is 2.00 bits per heavy atom. The van der Waals surface area contributed by atoms with Crippen molar-refractivity contribution in [3.63, 3.8) is 0 Å². The van der Waals surface area contributed by atoms with Gasteiger partial charge in [-0.15, -0.1) is 0 Å². The van der Waals surface area contributed by atoms with E-state index in [4.69, 9.17) is 0 Å². The molecule has 0 unspecified atom stereocenters. The molecule has 0 saturated heterocycles. The molecular formula is C12H13NO. The van der Waals surface area contributed by atoms with Crippen LogP contribution in [-0.4, -0.2) is 6.29 Å². The second kappa shape index (κ2) is 5.02. The number of hydrogen-bond acceptors (Lipinski definition) is 2. The molecule has 0 radical (unpaired) electrons. The Kier molecular flexibility index (Phi) is 3.68. The monoisotopic (exact) mass is 187 g/mol. The number of nitrogens with one attached hydrogen (secondary N) is 1. The lowest BCUT2D eigenvalue weighted by atomic mass is 10.2. The highest BCUT2D eigenvalue weighted by atomic mass is 16.1. The van der Waals surface area contributed by atoms with Crippen molar-refractivity contribution in [2.75, 3.05) is 5.32 Å². The van der Waals surface area contributed by atoms with Crippen molar-refractivity contribution >= 4 is 12.0 Å². The lowest BCUT2D eigenvalue weighted by Crippen LogP contribution is -1.94. The van der Waals surface area contributed by atoms with Gasteiger partial charge in [0.1, 0.15) is 6.29 Å². The molecule has 0 heterocycles. The van der Waals surface area contributed by atoms with Crippen LogP contribution in [0, 0.1) is 6.92 Å². The Balaban J connectivity index is 2.60. The molecule has 1 aromatic rings. The van der Waals surface area contributed by atoms with Crippen LogP contribution in [-0.2, 0) is 4.79 Å². The third kappa shape index (κ3) is 3.27. The Morgan fingerprint density at radius 3 is 2.57 bits per heavy atom. The first-order chi connectivity index (χ1) is 6.72. The molecule has 1 aromatic carbocycles. The molecule has 1 N–H and O–H groups in total. The van der Waals surface area contributed by atoms with Gasteiger partial charge in [-0.1, -0.05) is 24.3 Å². The summed E-state index contributed by atoms with van der Waals surface area (Å²) in [7, 11) is 0. The van der Waals surface area contributed by atoms with Crippen molar-refractivity contribution < 1.29 is 4.79 Å². The number of rotatable bonds is 4. The molecule has 1 rings (SSSR count). The third-order valence-electron chi connectivity index (χ3n) is 1.73. The van der Waals surface area contributed by atoms with Gasteiger partial charge in [-0.2, -0.15) is 0 Å². The number of anilines is 1. The van der Waals surface area contributed by atoms with Gasteiger partial charge in [0, 0.05) is 11.4 Å². The SMILES string of the molecule is C=C(/C=C\C=O)Nc1ccc(C)cc1. The summed E-state index contributed by atoms with van der Waals surface area (Å²) in [6.45, 7) is 5.79. The van der Waals surface area contributed by atoms with Crippen LogP contribution in [0.4, 0.5) is 5.69 Å². The van der Waals surface area contributed by atoms with Crippen LogP contribution in [0.2, 0.25) is 0 Å². The fourth-order valence-electron chi connectivity index (χ4n) is 1.02. The van der Waals surface area contributed by atoms with Crippen molar-refractivity contribution in [1.82, 2.24) is 0 Å². The van der Waals surface area contributed by atoms with Gasteiger partial charge in [-0.3, -0.25) is 4.79 Å². The third-order valence-corrected chi connectivity index (χ3v) is 1.73. The van der Waals surface area contributed by atoms with E-state index in [1.54, 1.807) is 6.08 Å². The molecule has 72 valence electrons. The van der Waals surface area contributed by atoms with E-state index in [1.807, 2.05) is 31.2 Å². The Labute approximate surface area is 84.0 Å². The zero-order valence-corrected chi connectivity index (χ0v) is 8.16. The Morgan fingerprint density at radius 1 is 1.36 bits per heavy atom. The van der Waals surface area contributed by atoms with Crippen LogP contribution in [0.1, 0.15) is 5.56 Å². The van der Waals surface area contributed by atoms with Gasteiger partial charge >= 0.3 is 0 Å². The van der Waals surface area contributed by atoms with Gasteiger partial charge in [-0.25, -0.2) is 0 Å². The summed E-state index contributed by atoms with van der Waals surface area (Å²) in [6, 6.07) is 7.96. The number of aryl methyl sites for hydroxylation is 1. The van der Waals surface area contributed by atoms with Crippen molar-refractivity contribution in [1.29, 1.82) is 0 Å². The number of carbonyl (C=O) groups is 1. The molecule has 0 aliphatic heterocycles. The van der Waals surface area contributed by atoms with Gasteiger partial charge in [-0.05, 0) is 31.2 Å². The van der Waals surface area contributed by atoms with Crippen LogP contribution in [0.3, 0.4) is 0 Å². The Bertz CT molecular complexity index is 349. The van der Waals surface area contributed by atoms with E-state index in [0.717, 1.165) is 12.0 Å². The normalized spacial score (nSPS) is 10.1. The highest BCUT2D eigenvalue weighted by molar-refractivity contribution is 5.66. The van der Waals surface area contributed by atoms with E-state index < -0.39 is 0 Å². The fourth-order valence-corrected chi connectivity index (χ4v) is 1.02. The van der Waals surface area contributed by atoms with E-state index in [-0.39, 0.29) is 0 Å². The Hall–Kier alpha value is -1.83. The summed E-state index contributed by atoms with van der Waals surface area (Å²) in [5.41, 5.74) is 2.88. The molecule has 0 spiro atoms. The molecule has 0 amide bonds. The lowest BCUT2D eigenvalue weighted by Gasteiger charge is -2.05. The van der Waals surface area contributed by atoms with E-state index in [2.05, 4.69) is 11.9 Å². The average Bonchev–Trinajstić information content (AvgIpc) is 2.18. The molecule has 0 bridgehead atoms. The summed E-state index contributed by atoms with van der Waals surface area (Å²) in [5.74, 6) is 0. The quantitative estimate of drug-likeness (QED) is 0.446. The van der Waals surface area contributed by atoms with Crippen molar-refractivity contribution in [2.24, 2.45) is 0 Å². The first-order valence-electron chi connectivity index (χ1n) is 4.37. The van der Waals surface area contributed by atoms with Gasteiger partial charge < -0.3 is 5.32 Å². The van der Waals surface area contributed by atoms with Crippen LogP contribution in [0.15, 0.2) is 48.7 Å². The maximum Gasteiger partial charge on any atom is 0.142 e. The first kappa shape index (κ1) is 10.3. The minimum absolute atomic E-state index is 0.695. The summed E-state index contributed by atoms with van der Waals surface area (Å²) >= 11 is 0. The molecule has 0 aliphatic carbocycles. The van der Waals surface area contributed by atoms with E-state index in [0.29, 0.717) is 5.70 Å². The van der Waals surface area contributed by atoms with Gasteiger partial charge in [0.2, 0.25) is 0 Å². The summed E-state index contributed by atoms with van der Waals surface area (Å²) in [5, 5.41) is 3.06. The molecular weight excluding hydrogens is 174 g/mol. The molecule has 2 nitrogen and oxygen atoms in total. The average molecular weight is 187 g/mol. The predicted molar refractivity (Wildman–Crippen MR) is 59.1 cm³/mol. The maximum absolute atomic E-state index is 10.1. The van der Waals surface area contributed by atoms with E-state index >= 15 is 0 Å². The van der Waals surface area contributed by atoms with Gasteiger partial charge in [0.25, 0.3) is 0 Å². The van der Waals surface area contributed by atoms with Gasteiger partial charge in [0.15, 0.2) is 0 Å².